The number of ether oxygens (including phenoxy) is 1. The third kappa shape index (κ3) is 5.69. The van der Waals surface area contributed by atoms with Crippen LogP contribution in [0.15, 0.2) is 66.2 Å². The summed E-state index contributed by atoms with van der Waals surface area (Å²) in [5.74, 6) is 1.58. The summed E-state index contributed by atoms with van der Waals surface area (Å²) in [5, 5.41) is 6.66. The summed E-state index contributed by atoms with van der Waals surface area (Å²) in [5.41, 5.74) is 1.81. The van der Waals surface area contributed by atoms with Crippen LogP contribution in [0.2, 0.25) is 0 Å². The third-order valence-corrected chi connectivity index (χ3v) is 4.42. The summed E-state index contributed by atoms with van der Waals surface area (Å²) in [6.07, 6.45) is 2.63. The maximum Gasteiger partial charge on any atom is 0.191 e. The van der Waals surface area contributed by atoms with Gasteiger partial charge in [-0.2, -0.15) is 0 Å². The number of rotatable bonds is 7. The molecule has 3 rings (SSSR count). The minimum Gasteiger partial charge on any atom is -0.489 e. The van der Waals surface area contributed by atoms with E-state index in [-0.39, 0.29) is 41.8 Å². The molecule has 4 nitrogen and oxygen atoms in total. The molecule has 1 saturated carbocycles. The molecule has 2 atom stereocenters. The van der Waals surface area contributed by atoms with Gasteiger partial charge in [0.25, 0.3) is 0 Å². The summed E-state index contributed by atoms with van der Waals surface area (Å²) in [7, 11) is 1.73. The number of guanidine groups is 1. The second-order valence-electron chi connectivity index (χ2n) is 6.25. The molecule has 0 bridgehead atoms. The average Bonchev–Trinajstić information content (AvgIpc) is 3.43. The van der Waals surface area contributed by atoms with Gasteiger partial charge in [-0.1, -0.05) is 49.1 Å². The molecule has 6 heteroatoms. The number of halogens is 2. The number of hydrogen-bond donors (Lipinski definition) is 2. The zero-order chi connectivity index (χ0) is 18.4. The molecule has 0 heterocycles. The summed E-state index contributed by atoms with van der Waals surface area (Å²) in [6, 6.07) is 15.0. The second-order valence-corrected chi connectivity index (χ2v) is 6.25. The molecule has 0 spiro atoms. The van der Waals surface area contributed by atoms with Crippen LogP contribution >= 0.6 is 24.0 Å². The van der Waals surface area contributed by atoms with E-state index in [1.54, 1.807) is 19.2 Å². The lowest BCUT2D eigenvalue weighted by Gasteiger charge is -2.14. The van der Waals surface area contributed by atoms with Crippen molar-refractivity contribution in [3.63, 3.8) is 0 Å². The Kier molecular flexibility index (Phi) is 8.09. The molecule has 144 valence electrons. The first-order valence-electron chi connectivity index (χ1n) is 8.76. The van der Waals surface area contributed by atoms with Gasteiger partial charge in [-0.3, -0.25) is 4.99 Å². The molecule has 27 heavy (non-hydrogen) atoms. The predicted octanol–water partition coefficient (Wildman–Crippen LogP) is 4.23. The molecular weight excluding hydrogens is 456 g/mol. The lowest BCUT2D eigenvalue weighted by molar-refractivity contribution is 0.358. The van der Waals surface area contributed by atoms with E-state index < -0.39 is 0 Å². The van der Waals surface area contributed by atoms with Crippen molar-refractivity contribution in [3.8, 4) is 5.75 Å². The van der Waals surface area contributed by atoms with Crippen LogP contribution in [-0.2, 0) is 6.54 Å². The van der Waals surface area contributed by atoms with Gasteiger partial charge in [0.05, 0.1) is 0 Å². The molecule has 0 aromatic heterocycles. The Morgan fingerprint density at radius 3 is 2.74 bits per heavy atom. The highest BCUT2D eigenvalue weighted by molar-refractivity contribution is 14.0. The van der Waals surface area contributed by atoms with E-state index in [0.717, 1.165) is 23.3 Å². The molecule has 0 aliphatic heterocycles. The Morgan fingerprint density at radius 2 is 2.00 bits per heavy atom. The Morgan fingerprint density at radius 1 is 1.26 bits per heavy atom. The molecule has 2 unspecified atom stereocenters. The Balaban J connectivity index is 0.00000261. The molecule has 0 saturated heterocycles. The van der Waals surface area contributed by atoms with Gasteiger partial charge in [-0.05, 0) is 24.1 Å². The maximum absolute atomic E-state index is 13.9. The first kappa shape index (κ1) is 21.2. The van der Waals surface area contributed by atoms with E-state index in [1.807, 2.05) is 36.4 Å². The highest BCUT2D eigenvalue weighted by Crippen LogP contribution is 2.41. The third-order valence-electron chi connectivity index (χ3n) is 4.42. The van der Waals surface area contributed by atoms with Gasteiger partial charge in [0.2, 0.25) is 0 Å². The maximum atomic E-state index is 13.9. The van der Waals surface area contributed by atoms with Crippen LogP contribution < -0.4 is 15.4 Å². The first-order valence-corrected chi connectivity index (χ1v) is 8.76. The normalized spacial score (nSPS) is 18.2. The van der Waals surface area contributed by atoms with Crippen LogP contribution in [0.25, 0.3) is 0 Å². The van der Waals surface area contributed by atoms with Crippen molar-refractivity contribution in [2.24, 2.45) is 4.99 Å². The monoisotopic (exact) mass is 481 g/mol. The second kappa shape index (κ2) is 10.3. The van der Waals surface area contributed by atoms with Gasteiger partial charge in [0.15, 0.2) is 5.96 Å². The lowest BCUT2D eigenvalue weighted by Crippen LogP contribution is -2.38. The van der Waals surface area contributed by atoms with Crippen LogP contribution in [0.5, 0.6) is 5.75 Å². The van der Waals surface area contributed by atoms with Crippen LogP contribution in [0, 0.1) is 5.82 Å². The number of hydrogen-bond acceptors (Lipinski definition) is 2. The molecule has 1 aliphatic carbocycles. The standard InChI is InChI=1S/C21H24FN3O.HI/c1-3-12-26-20-11-7-4-8-15(20)14-24-21(23-2)25-19-13-17(19)16-9-5-6-10-18(16)22;/h3-11,17,19H,1,12-14H2,2H3,(H2,23,24,25);1H. The van der Waals surface area contributed by atoms with Crippen LogP contribution in [0.4, 0.5) is 4.39 Å². The molecule has 2 aromatic carbocycles. The molecule has 1 aliphatic rings. The van der Waals surface area contributed by atoms with Gasteiger partial charge in [-0.25, -0.2) is 4.39 Å². The summed E-state index contributed by atoms with van der Waals surface area (Å²) in [6.45, 7) is 4.73. The molecule has 2 N–H and O–H groups in total. The fourth-order valence-corrected chi connectivity index (χ4v) is 2.96. The quantitative estimate of drug-likeness (QED) is 0.269. The Bertz CT molecular complexity index is 797. The van der Waals surface area contributed by atoms with Crippen molar-refractivity contribution in [1.29, 1.82) is 0 Å². The van der Waals surface area contributed by atoms with E-state index in [9.17, 15) is 4.39 Å². The Labute approximate surface area is 176 Å². The van der Waals surface area contributed by atoms with Crippen molar-refractivity contribution in [1.82, 2.24) is 10.6 Å². The zero-order valence-electron chi connectivity index (χ0n) is 15.3. The largest absolute Gasteiger partial charge is 0.489 e. The summed E-state index contributed by atoms with van der Waals surface area (Å²) < 4.78 is 19.6. The number of nitrogens with one attached hydrogen (secondary N) is 2. The molecular formula is C21H25FIN3O. The van der Waals surface area contributed by atoms with E-state index in [2.05, 4.69) is 22.2 Å². The van der Waals surface area contributed by atoms with Crippen molar-refractivity contribution >= 4 is 29.9 Å². The summed E-state index contributed by atoms with van der Waals surface area (Å²) >= 11 is 0. The fraction of sp³-hybridized carbons (Fsp3) is 0.286. The van der Waals surface area contributed by atoms with Crippen LogP contribution in [-0.4, -0.2) is 25.7 Å². The molecule has 0 amide bonds. The van der Waals surface area contributed by atoms with Gasteiger partial charge < -0.3 is 15.4 Å². The minimum absolute atomic E-state index is 0. The SMILES string of the molecule is C=CCOc1ccccc1CNC(=NC)NC1CC1c1ccccc1F.I. The summed E-state index contributed by atoms with van der Waals surface area (Å²) in [4.78, 5) is 4.27. The Hall–Kier alpha value is -2.09. The number of para-hydroxylation sites is 1. The van der Waals surface area contributed by atoms with Crippen molar-refractivity contribution in [2.45, 2.75) is 24.9 Å². The molecule has 1 fully saturated rings. The van der Waals surface area contributed by atoms with Crippen molar-refractivity contribution in [2.75, 3.05) is 13.7 Å². The van der Waals surface area contributed by atoms with E-state index in [1.165, 1.54) is 6.07 Å². The highest BCUT2D eigenvalue weighted by atomic mass is 127. The number of benzene rings is 2. The number of aliphatic imine (C=N–C) groups is 1. The molecule has 0 radical (unpaired) electrons. The van der Waals surface area contributed by atoms with Gasteiger partial charge in [0.1, 0.15) is 18.2 Å². The zero-order valence-corrected chi connectivity index (χ0v) is 17.7. The highest BCUT2D eigenvalue weighted by Gasteiger charge is 2.40. The van der Waals surface area contributed by atoms with E-state index in [0.29, 0.717) is 19.1 Å². The smallest absolute Gasteiger partial charge is 0.191 e. The lowest BCUT2D eigenvalue weighted by atomic mass is 10.1. The van der Waals surface area contributed by atoms with Crippen molar-refractivity contribution in [3.05, 3.63) is 78.1 Å². The predicted molar refractivity (Wildman–Crippen MR) is 118 cm³/mol. The minimum atomic E-state index is -0.141. The first-order chi connectivity index (χ1) is 12.7. The van der Waals surface area contributed by atoms with Crippen LogP contribution in [0.1, 0.15) is 23.5 Å². The molecule has 2 aromatic rings. The fourth-order valence-electron chi connectivity index (χ4n) is 2.96. The number of nitrogens with zero attached hydrogens (tertiary/aromatic N) is 1. The van der Waals surface area contributed by atoms with Gasteiger partial charge in [0, 0.05) is 31.1 Å². The van der Waals surface area contributed by atoms with E-state index >= 15 is 0 Å². The average molecular weight is 481 g/mol. The van der Waals surface area contributed by atoms with E-state index in [4.69, 9.17) is 4.74 Å². The van der Waals surface area contributed by atoms with Crippen LogP contribution in [0.3, 0.4) is 0 Å². The topological polar surface area (TPSA) is 45.6 Å². The van der Waals surface area contributed by atoms with Gasteiger partial charge in [-0.15, -0.1) is 24.0 Å². The van der Waals surface area contributed by atoms with Gasteiger partial charge >= 0.3 is 0 Å². The van der Waals surface area contributed by atoms with Crippen molar-refractivity contribution < 1.29 is 9.13 Å².